The van der Waals surface area contributed by atoms with Crippen molar-refractivity contribution >= 4 is 17.5 Å². The third-order valence-corrected chi connectivity index (χ3v) is 3.25. The van der Waals surface area contributed by atoms with Gasteiger partial charge in [-0.05, 0) is 29.7 Å². The minimum absolute atomic E-state index is 0.176. The lowest BCUT2D eigenvalue weighted by molar-refractivity contribution is -0.121. The van der Waals surface area contributed by atoms with E-state index in [0.29, 0.717) is 23.4 Å². The van der Waals surface area contributed by atoms with E-state index in [9.17, 15) is 10.1 Å². The van der Waals surface area contributed by atoms with Gasteiger partial charge in [0, 0.05) is 24.7 Å². The van der Waals surface area contributed by atoms with E-state index in [4.69, 9.17) is 11.6 Å². The molecule has 0 spiro atoms. The quantitative estimate of drug-likeness (QED) is 0.922. The minimum Gasteiger partial charge on any atom is -0.337 e. The van der Waals surface area contributed by atoms with E-state index in [2.05, 4.69) is 16.5 Å². The number of amides is 1. The standard InChI is InChI=1S/C15H15ClN4O/c1-20-10-11(9-18-20)5-6-15(21)19-14(8-17)12-3-2-4-13(16)7-12/h2-4,7,9-10,14H,5-6H2,1H3,(H,19,21)/t14-/m0/s1. The lowest BCUT2D eigenvalue weighted by Crippen LogP contribution is -2.27. The Morgan fingerprint density at radius 1 is 1.57 bits per heavy atom. The highest BCUT2D eigenvalue weighted by Crippen LogP contribution is 2.17. The molecule has 0 fully saturated rings. The van der Waals surface area contributed by atoms with Gasteiger partial charge in [-0.3, -0.25) is 9.48 Å². The van der Waals surface area contributed by atoms with Crippen LogP contribution in [0.4, 0.5) is 0 Å². The van der Waals surface area contributed by atoms with Gasteiger partial charge in [0.05, 0.1) is 12.3 Å². The molecular formula is C15H15ClN4O. The Morgan fingerprint density at radius 2 is 2.38 bits per heavy atom. The van der Waals surface area contributed by atoms with Crippen molar-refractivity contribution in [3.63, 3.8) is 0 Å². The van der Waals surface area contributed by atoms with Crippen molar-refractivity contribution in [2.24, 2.45) is 7.05 Å². The molecule has 21 heavy (non-hydrogen) atoms. The van der Waals surface area contributed by atoms with Crippen LogP contribution in [-0.4, -0.2) is 15.7 Å². The van der Waals surface area contributed by atoms with E-state index >= 15 is 0 Å². The second-order valence-corrected chi connectivity index (χ2v) is 5.14. The maximum Gasteiger partial charge on any atom is 0.221 e. The molecule has 0 radical (unpaired) electrons. The molecule has 1 amide bonds. The molecular weight excluding hydrogens is 288 g/mol. The third kappa shape index (κ3) is 4.33. The van der Waals surface area contributed by atoms with Crippen molar-refractivity contribution in [1.29, 1.82) is 5.26 Å². The molecule has 1 N–H and O–H groups in total. The van der Waals surface area contributed by atoms with Crippen LogP contribution in [-0.2, 0) is 18.3 Å². The van der Waals surface area contributed by atoms with Crippen molar-refractivity contribution < 1.29 is 4.79 Å². The molecule has 0 saturated heterocycles. The second kappa shape index (κ2) is 6.91. The highest BCUT2D eigenvalue weighted by atomic mass is 35.5. The number of nitriles is 1. The van der Waals surface area contributed by atoms with Gasteiger partial charge in [0.2, 0.25) is 5.91 Å². The number of nitrogens with one attached hydrogen (secondary N) is 1. The lowest BCUT2D eigenvalue weighted by atomic mass is 10.1. The van der Waals surface area contributed by atoms with Gasteiger partial charge < -0.3 is 5.32 Å². The highest BCUT2D eigenvalue weighted by molar-refractivity contribution is 6.30. The summed E-state index contributed by atoms with van der Waals surface area (Å²) in [5.74, 6) is -0.176. The molecule has 0 aliphatic heterocycles. The number of nitrogens with zero attached hydrogens (tertiary/aromatic N) is 3. The first-order valence-electron chi connectivity index (χ1n) is 6.50. The maximum absolute atomic E-state index is 11.9. The van der Waals surface area contributed by atoms with E-state index in [-0.39, 0.29) is 5.91 Å². The Bertz CT molecular complexity index is 674. The molecule has 0 aliphatic carbocycles. The van der Waals surface area contributed by atoms with Crippen molar-refractivity contribution in [1.82, 2.24) is 15.1 Å². The molecule has 0 bridgehead atoms. The van der Waals surface area contributed by atoms with Crippen LogP contribution in [0.2, 0.25) is 5.02 Å². The van der Waals surface area contributed by atoms with Gasteiger partial charge in [0.15, 0.2) is 0 Å². The first-order valence-corrected chi connectivity index (χ1v) is 6.88. The Kier molecular flexibility index (Phi) is 4.96. The zero-order chi connectivity index (χ0) is 15.2. The fraction of sp³-hybridized carbons (Fsp3) is 0.267. The van der Waals surface area contributed by atoms with Gasteiger partial charge in [0.25, 0.3) is 0 Å². The van der Waals surface area contributed by atoms with Crippen molar-refractivity contribution in [2.75, 3.05) is 0 Å². The molecule has 6 heteroatoms. The molecule has 1 heterocycles. The zero-order valence-corrected chi connectivity index (χ0v) is 12.3. The van der Waals surface area contributed by atoms with E-state index in [1.54, 1.807) is 35.1 Å². The number of aromatic nitrogens is 2. The Labute approximate surface area is 128 Å². The van der Waals surface area contributed by atoms with Crippen molar-refractivity contribution in [3.8, 4) is 6.07 Å². The molecule has 0 saturated carbocycles. The van der Waals surface area contributed by atoms with E-state index < -0.39 is 6.04 Å². The summed E-state index contributed by atoms with van der Waals surface area (Å²) in [5.41, 5.74) is 1.67. The fourth-order valence-corrected chi connectivity index (χ4v) is 2.17. The van der Waals surface area contributed by atoms with Crippen LogP contribution in [0.3, 0.4) is 0 Å². The van der Waals surface area contributed by atoms with Gasteiger partial charge in [-0.1, -0.05) is 23.7 Å². The normalized spacial score (nSPS) is 11.7. The monoisotopic (exact) mass is 302 g/mol. The number of halogens is 1. The summed E-state index contributed by atoms with van der Waals surface area (Å²) >= 11 is 5.89. The molecule has 1 aromatic carbocycles. The summed E-state index contributed by atoms with van der Waals surface area (Å²) in [6, 6.07) is 8.30. The van der Waals surface area contributed by atoms with Crippen LogP contribution in [0.1, 0.15) is 23.6 Å². The number of carbonyl (C=O) groups excluding carboxylic acids is 1. The third-order valence-electron chi connectivity index (χ3n) is 3.02. The number of hydrogen-bond acceptors (Lipinski definition) is 3. The largest absolute Gasteiger partial charge is 0.337 e. The lowest BCUT2D eigenvalue weighted by Gasteiger charge is -2.12. The van der Waals surface area contributed by atoms with Crippen LogP contribution < -0.4 is 5.32 Å². The molecule has 2 rings (SSSR count). The smallest absolute Gasteiger partial charge is 0.221 e. The minimum atomic E-state index is -0.690. The van der Waals surface area contributed by atoms with Gasteiger partial charge in [-0.2, -0.15) is 10.4 Å². The van der Waals surface area contributed by atoms with Crippen LogP contribution >= 0.6 is 11.6 Å². The summed E-state index contributed by atoms with van der Waals surface area (Å²) in [6.07, 6.45) is 4.50. The Morgan fingerprint density at radius 3 is 3.00 bits per heavy atom. The summed E-state index contributed by atoms with van der Waals surface area (Å²) < 4.78 is 1.69. The van der Waals surface area contributed by atoms with Crippen molar-refractivity contribution in [3.05, 3.63) is 52.8 Å². The maximum atomic E-state index is 11.9. The number of benzene rings is 1. The molecule has 0 aliphatic rings. The number of carbonyl (C=O) groups is 1. The molecule has 0 unspecified atom stereocenters. The van der Waals surface area contributed by atoms with Gasteiger partial charge in [-0.15, -0.1) is 0 Å². The van der Waals surface area contributed by atoms with Gasteiger partial charge in [0.1, 0.15) is 6.04 Å². The summed E-state index contributed by atoms with van der Waals surface area (Å²) in [6.45, 7) is 0. The number of aryl methyl sites for hydroxylation is 2. The first-order chi connectivity index (χ1) is 10.1. The average molecular weight is 303 g/mol. The molecule has 5 nitrogen and oxygen atoms in total. The number of rotatable bonds is 5. The molecule has 1 aromatic heterocycles. The summed E-state index contributed by atoms with van der Waals surface area (Å²) in [4.78, 5) is 11.9. The molecule has 108 valence electrons. The topological polar surface area (TPSA) is 70.7 Å². The molecule has 2 aromatic rings. The van der Waals surface area contributed by atoms with Crippen molar-refractivity contribution in [2.45, 2.75) is 18.9 Å². The predicted octanol–water partition coefficient (Wildman–Crippen LogP) is 2.39. The zero-order valence-electron chi connectivity index (χ0n) is 11.6. The van der Waals surface area contributed by atoms with Gasteiger partial charge >= 0.3 is 0 Å². The van der Waals surface area contributed by atoms with Crippen LogP contribution in [0.5, 0.6) is 0 Å². The van der Waals surface area contributed by atoms with Crippen LogP contribution in [0.25, 0.3) is 0 Å². The number of hydrogen-bond donors (Lipinski definition) is 1. The highest BCUT2D eigenvalue weighted by Gasteiger charge is 2.14. The second-order valence-electron chi connectivity index (χ2n) is 4.71. The van der Waals surface area contributed by atoms with Crippen LogP contribution in [0.15, 0.2) is 36.7 Å². The predicted molar refractivity (Wildman–Crippen MR) is 79.5 cm³/mol. The molecule has 1 atom stereocenters. The summed E-state index contributed by atoms with van der Waals surface area (Å²) in [5, 5.41) is 16.5. The SMILES string of the molecule is Cn1cc(CCC(=O)N[C@@H](C#N)c2cccc(Cl)c2)cn1. The Hall–Kier alpha value is -2.32. The van der Waals surface area contributed by atoms with E-state index in [0.717, 1.165) is 5.56 Å². The van der Waals surface area contributed by atoms with E-state index in [1.807, 2.05) is 13.2 Å². The fourth-order valence-electron chi connectivity index (χ4n) is 1.97. The Balaban J connectivity index is 1.92. The van der Waals surface area contributed by atoms with E-state index in [1.165, 1.54) is 0 Å². The average Bonchev–Trinajstić information content (AvgIpc) is 2.88. The summed E-state index contributed by atoms with van der Waals surface area (Å²) in [7, 11) is 1.83. The van der Waals surface area contributed by atoms with Crippen LogP contribution in [0, 0.1) is 11.3 Å². The van der Waals surface area contributed by atoms with Gasteiger partial charge in [-0.25, -0.2) is 0 Å². The first kappa shape index (κ1) is 15.1.